The predicted molar refractivity (Wildman–Crippen MR) is 89.1 cm³/mol. The summed E-state index contributed by atoms with van der Waals surface area (Å²) in [6.45, 7) is 3.81. The van der Waals surface area contributed by atoms with Gasteiger partial charge in [0.05, 0.1) is 12.6 Å². The average molecular weight is 368 g/mol. The van der Waals surface area contributed by atoms with Crippen LogP contribution in [0.4, 0.5) is 0 Å². The summed E-state index contributed by atoms with van der Waals surface area (Å²) in [7, 11) is 0. The molecule has 22 heavy (non-hydrogen) atoms. The molecule has 5 nitrogen and oxygen atoms in total. The number of piperidine rings is 1. The van der Waals surface area contributed by atoms with E-state index < -0.39 is 0 Å². The third kappa shape index (κ3) is 4.55. The molecule has 2 amide bonds. The maximum absolute atomic E-state index is 12.2. The molecule has 1 aliphatic rings. The Kier molecular flexibility index (Phi) is 5.97. The van der Waals surface area contributed by atoms with Gasteiger partial charge in [0, 0.05) is 10.4 Å². The number of rotatable bonds is 5. The molecule has 1 saturated heterocycles. The number of likely N-dealkylation sites (tertiary alicyclic amines) is 1. The third-order valence-electron chi connectivity index (χ3n) is 4.11. The number of nitrogens with one attached hydrogen (secondary N) is 1. The summed E-state index contributed by atoms with van der Waals surface area (Å²) < 4.78 is 0.991. The van der Waals surface area contributed by atoms with E-state index in [2.05, 4.69) is 26.1 Å². The van der Waals surface area contributed by atoms with E-state index in [-0.39, 0.29) is 23.8 Å². The molecule has 3 N–H and O–H groups in total. The van der Waals surface area contributed by atoms with Gasteiger partial charge in [-0.15, -0.1) is 0 Å². The SMILES string of the molecule is C[C@@H](NC(=O)CN1CCC(C(N)=O)CC1)c1ccccc1Br. The van der Waals surface area contributed by atoms with Crippen molar-refractivity contribution in [3.05, 3.63) is 34.3 Å². The van der Waals surface area contributed by atoms with Gasteiger partial charge >= 0.3 is 0 Å². The molecule has 0 radical (unpaired) electrons. The van der Waals surface area contributed by atoms with Gasteiger partial charge in [-0.05, 0) is 44.5 Å². The maximum atomic E-state index is 12.2. The second kappa shape index (κ2) is 7.74. The highest BCUT2D eigenvalue weighted by molar-refractivity contribution is 9.10. The lowest BCUT2D eigenvalue weighted by Gasteiger charge is -2.30. The van der Waals surface area contributed by atoms with Gasteiger partial charge in [0.25, 0.3) is 0 Å². The predicted octanol–water partition coefficient (Wildman–Crippen LogP) is 1.82. The summed E-state index contributed by atoms with van der Waals surface area (Å²) >= 11 is 3.50. The first-order valence-corrected chi connectivity index (χ1v) is 8.32. The van der Waals surface area contributed by atoms with E-state index in [9.17, 15) is 9.59 Å². The smallest absolute Gasteiger partial charge is 0.234 e. The number of carbonyl (C=O) groups excluding carboxylic acids is 2. The number of amides is 2. The van der Waals surface area contributed by atoms with Crippen molar-refractivity contribution in [3.63, 3.8) is 0 Å². The number of nitrogens with zero attached hydrogens (tertiary/aromatic N) is 1. The first kappa shape index (κ1) is 17.0. The summed E-state index contributed by atoms with van der Waals surface area (Å²) in [6, 6.07) is 7.81. The lowest BCUT2D eigenvalue weighted by Crippen LogP contribution is -2.44. The molecule has 0 unspecified atom stereocenters. The second-order valence-electron chi connectivity index (χ2n) is 5.76. The normalized spacial score (nSPS) is 17.9. The van der Waals surface area contributed by atoms with Crippen molar-refractivity contribution in [3.8, 4) is 0 Å². The van der Waals surface area contributed by atoms with Crippen molar-refractivity contribution in [1.82, 2.24) is 10.2 Å². The topological polar surface area (TPSA) is 75.4 Å². The molecule has 0 saturated carbocycles. The molecular weight excluding hydrogens is 346 g/mol. The first-order valence-electron chi connectivity index (χ1n) is 7.53. The van der Waals surface area contributed by atoms with E-state index >= 15 is 0 Å². The number of carbonyl (C=O) groups is 2. The van der Waals surface area contributed by atoms with Crippen LogP contribution in [-0.4, -0.2) is 36.3 Å². The van der Waals surface area contributed by atoms with Gasteiger partial charge in [-0.1, -0.05) is 34.1 Å². The van der Waals surface area contributed by atoms with E-state index in [1.165, 1.54) is 0 Å². The Hall–Kier alpha value is -1.40. The van der Waals surface area contributed by atoms with Gasteiger partial charge in [-0.2, -0.15) is 0 Å². The van der Waals surface area contributed by atoms with Crippen LogP contribution in [0.2, 0.25) is 0 Å². The average Bonchev–Trinajstić information content (AvgIpc) is 2.48. The van der Waals surface area contributed by atoms with Gasteiger partial charge < -0.3 is 11.1 Å². The molecule has 0 aliphatic carbocycles. The zero-order valence-corrected chi connectivity index (χ0v) is 14.3. The van der Waals surface area contributed by atoms with E-state index in [0.717, 1.165) is 36.0 Å². The van der Waals surface area contributed by atoms with Gasteiger partial charge in [0.2, 0.25) is 11.8 Å². The van der Waals surface area contributed by atoms with Crippen molar-refractivity contribution in [1.29, 1.82) is 0 Å². The number of hydrogen-bond donors (Lipinski definition) is 2. The molecule has 6 heteroatoms. The molecule has 0 spiro atoms. The molecule has 1 aromatic carbocycles. The lowest BCUT2D eigenvalue weighted by atomic mass is 9.96. The van der Waals surface area contributed by atoms with Crippen molar-refractivity contribution in [2.45, 2.75) is 25.8 Å². The Morgan fingerprint density at radius 2 is 2.00 bits per heavy atom. The van der Waals surface area contributed by atoms with Crippen molar-refractivity contribution in [2.24, 2.45) is 11.7 Å². The van der Waals surface area contributed by atoms with Crippen molar-refractivity contribution >= 4 is 27.7 Å². The Bertz CT molecular complexity index is 542. The molecule has 1 aromatic rings. The van der Waals surface area contributed by atoms with Crippen LogP contribution in [-0.2, 0) is 9.59 Å². The Morgan fingerprint density at radius 1 is 1.36 bits per heavy atom. The third-order valence-corrected chi connectivity index (χ3v) is 4.83. The Labute approximate surface area is 139 Å². The van der Waals surface area contributed by atoms with E-state index in [4.69, 9.17) is 5.73 Å². The van der Waals surface area contributed by atoms with E-state index in [1.54, 1.807) is 0 Å². The highest BCUT2D eigenvalue weighted by Crippen LogP contribution is 2.22. The molecule has 120 valence electrons. The molecule has 1 heterocycles. The highest BCUT2D eigenvalue weighted by atomic mass is 79.9. The van der Waals surface area contributed by atoms with Crippen LogP contribution in [0, 0.1) is 5.92 Å². The van der Waals surface area contributed by atoms with E-state index in [1.807, 2.05) is 31.2 Å². The summed E-state index contributed by atoms with van der Waals surface area (Å²) in [5.41, 5.74) is 6.38. The highest BCUT2D eigenvalue weighted by Gasteiger charge is 2.24. The fourth-order valence-corrected chi connectivity index (χ4v) is 3.40. The minimum absolute atomic E-state index is 0.000720. The summed E-state index contributed by atoms with van der Waals surface area (Å²) in [5, 5.41) is 3.02. The molecule has 2 rings (SSSR count). The van der Waals surface area contributed by atoms with Crippen LogP contribution in [0.25, 0.3) is 0 Å². The minimum Gasteiger partial charge on any atom is -0.369 e. The fraction of sp³-hybridized carbons (Fsp3) is 0.500. The van der Waals surface area contributed by atoms with Gasteiger partial charge in [0.15, 0.2) is 0 Å². The van der Waals surface area contributed by atoms with E-state index in [0.29, 0.717) is 6.54 Å². The number of benzene rings is 1. The summed E-state index contributed by atoms with van der Waals surface area (Å²) in [6.07, 6.45) is 1.48. The van der Waals surface area contributed by atoms with Crippen molar-refractivity contribution in [2.75, 3.05) is 19.6 Å². The fourth-order valence-electron chi connectivity index (χ4n) is 2.77. The number of primary amides is 1. The zero-order valence-electron chi connectivity index (χ0n) is 12.7. The van der Waals surface area contributed by atoms with Crippen LogP contribution in [0.1, 0.15) is 31.4 Å². The second-order valence-corrected chi connectivity index (χ2v) is 6.62. The Morgan fingerprint density at radius 3 is 2.59 bits per heavy atom. The molecule has 1 fully saturated rings. The molecule has 1 atom stereocenters. The van der Waals surface area contributed by atoms with Crippen LogP contribution < -0.4 is 11.1 Å². The maximum Gasteiger partial charge on any atom is 0.234 e. The minimum atomic E-state index is -0.230. The molecule has 0 aromatic heterocycles. The Balaban J connectivity index is 1.81. The standard InChI is InChI=1S/C16H22BrN3O2/c1-11(13-4-2-3-5-14(13)17)19-15(21)10-20-8-6-12(7-9-20)16(18)22/h2-5,11-12H,6-10H2,1H3,(H2,18,22)(H,19,21)/t11-/m1/s1. The van der Waals surface area contributed by atoms with Crippen LogP contribution in [0.3, 0.4) is 0 Å². The number of hydrogen-bond acceptors (Lipinski definition) is 3. The quantitative estimate of drug-likeness (QED) is 0.833. The monoisotopic (exact) mass is 367 g/mol. The summed E-state index contributed by atoms with van der Waals surface area (Å²) in [5.74, 6) is -0.272. The molecule has 0 bridgehead atoms. The van der Waals surface area contributed by atoms with Crippen LogP contribution in [0.5, 0.6) is 0 Å². The lowest BCUT2D eigenvalue weighted by molar-refractivity contribution is -0.124. The largest absolute Gasteiger partial charge is 0.369 e. The zero-order chi connectivity index (χ0) is 16.1. The first-order chi connectivity index (χ1) is 10.5. The number of nitrogens with two attached hydrogens (primary N) is 1. The van der Waals surface area contributed by atoms with Gasteiger partial charge in [-0.3, -0.25) is 14.5 Å². The van der Waals surface area contributed by atoms with Crippen molar-refractivity contribution < 1.29 is 9.59 Å². The van der Waals surface area contributed by atoms with Crippen LogP contribution in [0.15, 0.2) is 28.7 Å². The van der Waals surface area contributed by atoms with Gasteiger partial charge in [-0.25, -0.2) is 0 Å². The number of halogens is 1. The summed E-state index contributed by atoms with van der Waals surface area (Å²) in [4.78, 5) is 25.4. The molecular formula is C16H22BrN3O2. The van der Waals surface area contributed by atoms with Gasteiger partial charge in [0.1, 0.15) is 0 Å². The molecule has 1 aliphatic heterocycles. The van der Waals surface area contributed by atoms with Crippen LogP contribution >= 0.6 is 15.9 Å².